The number of H-pyrrole nitrogens is 1. The van der Waals surface area contributed by atoms with Gasteiger partial charge in [0.25, 0.3) is 0 Å². The molecular weight excluding hydrogens is 495 g/mol. The summed E-state index contributed by atoms with van der Waals surface area (Å²) in [6.45, 7) is 0.404. The van der Waals surface area contributed by atoms with E-state index in [-0.39, 0.29) is 23.5 Å². The van der Waals surface area contributed by atoms with E-state index in [0.29, 0.717) is 18.8 Å². The number of hydrogen-bond acceptors (Lipinski definition) is 5. The first kappa shape index (κ1) is 24.7. The molecule has 2 aromatic carbocycles. The number of alkyl halides is 3. The van der Waals surface area contributed by atoms with Crippen molar-refractivity contribution in [2.24, 2.45) is 5.92 Å². The topological polar surface area (TPSA) is 73.2 Å². The Labute approximate surface area is 218 Å². The molecule has 38 heavy (non-hydrogen) atoms. The fourth-order valence-electron chi connectivity index (χ4n) is 6.57. The van der Waals surface area contributed by atoms with E-state index < -0.39 is 12.0 Å². The smallest absolute Gasteiger partial charge is 0.464 e. The Morgan fingerprint density at radius 3 is 2.68 bits per heavy atom. The molecule has 4 aromatic rings. The Morgan fingerprint density at radius 1 is 1.08 bits per heavy atom. The van der Waals surface area contributed by atoms with Crippen molar-refractivity contribution in [1.82, 2.24) is 15.2 Å². The van der Waals surface area contributed by atoms with Gasteiger partial charge in [0.05, 0.1) is 18.5 Å². The molecule has 2 fully saturated rings. The fourth-order valence-corrected chi connectivity index (χ4v) is 6.57. The number of benzene rings is 2. The zero-order valence-electron chi connectivity index (χ0n) is 20.7. The maximum absolute atomic E-state index is 13.1. The molecule has 2 aromatic heterocycles. The largest absolute Gasteiger partial charge is 0.573 e. The number of aromatic nitrogens is 3. The van der Waals surface area contributed by atoms with Gasteiger partial charge >= 0.3 is 6.36 Å². The van der Waals surface area contributed by atoms with E-state index in [1.807, 2.05) is 24.3 Å². The van der Waals surface area contributed by atoms with Crippen molar-refractivity contribution < 1.29 is 27.1 Å². The van der Waals surface area contributed by atoms with Crippen LogP contribution < -0.4 is 4.74 Å². The number of nitrogens with zero attached hydrogens (tertiary/aromatic N) is 2. The predicted molar refractivity (Wildman–Crippen MR) is 133 cm³/mol. The van der Waals surface area contributed by atoms with E-state index in [9.17, 15) is 13.2 Å². The van der Waals surface area contributed by atoms with Gasteiger partial charge in [-0.05, 0) is 66.6 Å². The first-order valence-electron chi connectivity index (χ1n) is 12.9. The normalized spacial score (nSPS) is 25.6. The molecule has 0 bridgehead atoms. The molecule has 0 radical (unpaired) electrons. The molecule has 6 nitrogen and oxygen atoms in total. The molecule has 4 atom stereocenters. The summed E-state index contributed by atoms with van der Waals surface area (Å²) in [4.78, 5) is 4.37. The molecule has 1 unspecified atom stereocenters. The van der Waals surface area contributed by atoms with Crippen molar-refractivity contribution in [3.05, 3.63) is 90.2 Å². The second-order valence-corrected chi connectivity index (χ2v) is 10.2. The third kappa shape index (κ3) is 4.95. The lowest BCUT2D eigenvalue weighted by molar-refractivity contribution is -0.274. The molecule has 198 valence electrons. The lowest BCUT2D eigenvalue weighted by Gasteiger charge is -2.46. The molecule has 6 rings (SSSR count). The summed E-state index contributed by atoms with van der Waals surface area (Å²) in [7, 11) is 0. The maximum Gasteiger partial charge on any atom is 0.573 e. The zero-order chi connectivity index (χ0) is 26.2. The third-order valence-corrected chi connectivity index (χ3v) is 7.94. The number of hydrogen-bond donors (Lipinski definition) is 1. The Hall–Kier alpha value is -3.59. The van der Waals surface area contributed by atoms with Crippen molar-refractivity contribution in [2.45, 2.75) is 55.9 Å². The highest BCUT2D eigenvalue weighted by Crippen LogP contribution is 2.55. The Kier molecular flexibility index (Phi) is 6.47. The molecule has 1 saturated heterocycles. The van der Waals surface area contributed by atoms with Crippen LogP contribution in [0.3, 0.4) is 0 Å². The van der Waals surface area contributed by atoms with E-state index in [1.54, 1.807) is 18.4 Å². The van der Waals surface area contributed by atoms with E-state index in [2.05, 4.69) is 32.1 Å². The summed E-state index contributed by atoms with van der Waals surface area (Å²) >= 11 is 0. The van der Waals surface area contributed by atoms with Gasteiger partial charge in [-0.15, -0.1) is 13.2 Å². The SMILES string of the molecule is FC(F)(F)Oc1ccc(-c2ccco2)c([C@@H]2CO[C@]3(CCCC(Cc4ncn[nH]4)[C@H]3c3ccccc3)C2)c1. The van der Waals surface area contributed by atoms with Crippen LogP contribution in [-0.4, -0.2) is 33.8 Å². The van der Waals surface area contributed by atoms with E-state index in [4.69, 9.17) is 9.15 Å². The van der Waals surface area contributed by atoms with Gasteiger partial charge in [-0.1, -0.05) is 36.8 Å². The number of nitrogens with one attached hydrogen (secondary N) is 1. The van der Waals surface area contributed by atoms with E-state index in [0.717, 1.165) is 42.6 Å². The van der Waals surface area contributed by atoms with Crippen LogP contribution in [0.1, 0.15) is 54.5 Å². The fraction of sp³-hybridized carbons (Fsp3) is 0.379. The molecular formula is C29H28F3N3O3. The average molecular weight is 524 g/mol. The van der Waals surface area contributed by atoms with E-state index in [1.165, 1.54) is 24.0 Å². The summed E-state index contributed by atoms with van der Waals surface area (Å²) in [6, 6.07) is 18.4. The van der Waals surface area contributed by atoms with Crippen LogP contribution in [0.15, 0.2) is 77.7 Å². The van der Waals surface area contributed by atoms with Crippen LogP contribution in [0.2, 0.25) is 0 Å². The van der Waals surface area contributed by atoms with Crippen molar-refractivity contribution in [2.75, 3.05) is 6.61 Å². The van der Waals surface area contributed by atoms with Crippen LogP contribution in [0.25, 0.3) is 11.3 Å². The molecule has 1 aliphatic carbocycles. The van der Waals surface area contributed by atoms with Gasteiger partial charge in [-0.3, -0.25) is 5.10 Å². The van der Waals surface area contributed by atoms with Crippen molar-refractivity contribution in [1.29, 1.82) is 0 Å². The van der Waals surface area contributed by atoms with Crippen LogP contribution in [0.5, 0.6) is 5.75 Å². The van der Waals surface area contributed by atoms with Gasteiger partial charge in [-0.2, -0.15) is 5.10 Å². The Morgan fingerprint density at radius 2 is 1.95 bits per heavy atom. The van der Waals surface area contributed by atoms with Crippen LogP contribution in [-0.2, 0) is 11.2 Å². The zero-order valence-corrected chi connectivity index (χ0v) is 20.7. The van der Waals surface area contributed by atoms with Gasteiger partial charge in [0.2, 0.25) is 0 Å². The molecule has 2 aliphatic rings. The van der Waals surface area contributed by atoms with Crippen LogP contribution in [0.4, 0.5) is 13.2 Å². The van der Waals surface area contributed by atoms with E-state index >= 15 is 0 Å². The first-order chi connectivity index (χ1) is 18.4. The minimum atomic E-state index is -4.77. The van der Waals surface area contributed by atoms with Crippen molar-refractivity contribution in [3.63, 3.8) is 0 Å². The highest BCUT2D eigenvalue weighted by Gasteiger charge is 2.52. The Bertz CT molecular complexity index is 1340. The molecule has 9 heteroatoms. The lowest BCUT2D eigenvalue weighted by Crippen LogP contribution is -2.44. The van der Waals surface area contributed by atoms with Crippen LogP contribution >= 0.6 is 0 Å². The number of rotatable bonds is 6. The molecule has 0 amide bonds. The highest BCUT2D eigenvalue weighted by molar-refractivity contribution is 5.65. The summed E-state index contributed by atoms with van der Waals surface area (Å²) in [5, 5.41) is 7.03. The first-order valence-corrected chi connectivity index (χ1v) is 12.9. The number of furan rings is 1. The average Bonchev–Trinajstić information content (AvgIpc) is 3.67. The summed E-state index contributed by atoms with van der Waals surface area (Å²) in [5.74, 6) is 1.47. The van der Waals surface area contributed by atoms with Gasteiger partial charge in [0.15, 0.2) is 0 Å². The summed E-state index contributed by atoms with van der Waals surface area (Å²) < 4.78 is 55.9. The highest BCUT2D eigenvalue weighted by atomic mass is 19.4. The second kappa shape index (κ2) is 9.94. The second-order valence-electron chi connectivity index (χ2n) is 10.2. The third-order valence-electron chi connectivity index (χ3n) is 7.94. The van der Waals surface area contributed by atoms with Crippen molar-refractivity contribution >= 4 is 0 Å². The summed E-state index contributed by atoms with van der Waals surface area (Å²) in [5.41, 5.74) is 2.25. The number of ether oxygens (including phenoxy) is 2. The van der Waals surface area contributed by atoms with Gasteiger partial charge in [-0.25, -0.2) is 4.98 Å². The van der Waals surface area contributed by atoms with Gasteiger partial charge < -0.3 is 13.9 Å². The molecule has 1 spiro atoms. The Balaban J connectivity index is 1.37. The monoisotopic (exact) mass is 523 g/mol. The quantitative estimate of drug-likeness (QED) is 0.294. The lowest BCUT2D eigenvalue weighted by atomic mass is 9.63. The predicted octanol–water partition coefficient (Wildman–Crippen LogP) is 7.03. The van der Waals surface area contributed by atoms with Gasteiger partial charge in [0.1, 0.15) is 23.7 Å². The molecule has 1 saturated carbocycles. The molecule has 1 N–H and O–H groups in total. The number of halogens is 3. The standard InChI is InChI=1S/C29H28F3N3O3/c30-29(31,32)38-22-10-11-23(25-9-5-13-36-25)24(15-22)21-16-28(37-17-21)12-4-8-20(14-26-33-18-34-35-26)27(28)19-6-2-1-3-7-19/h1-3,5-7,9-11,13,15,18,20-21,27H,4,8,12,14,16-17H2,(H,33,34,35)/t20?,21-,27+,28+/m0/s1. The summed E-state index contributed by atoms with van der Waals surface area (Å²) in [6.07, 6.45) is 2.66. The van der Waals surface area contributed by atoms with Crippen molar-refractivity contribution in [3.8, 4) is 17.1 Å². The number of aromatic amines is 1. The van der Waals surface area contributed by atoms with Gasteiger partial charge in [0, 0.05) is 23.8 Å². The minimum absolute atomic E-state index is 0.106. The minimum Gasteiger partial charge on any atom is -0.464 e. The maximum atomic E-state index is 13.1. The molecule has 3 heterocycles. The van der Waals surface area contributed by atoms with Crippen LogP contribution in [0, 0.1) is 5.92 Å². The molecule has 1 aliphatic heterocycles.